The van der Waals surface area contributed by atoms with Crippen LogP contribution in [0.4, 0.5) is 0 Å². The number of hydrogen-bond acceptors (Lipinski definition) is 17. The van der Waals surface area contributed by atoms with Gasteiger partial charge in [0, 0.05) is 53.6 Å². The van der Waals surface area contributed by atoms with Crippen molar-refractivity contribution in [2.75, 3.05) is 19.7 Å². The summed E-state index contributed by atoms with van der Waals surface area (Å²) >= 11 is 0. The number of nitrogens with two attached hydrogens (primary N) is 3. The fraction of sp³-hybridized carbons (Fsp3) is 0.466. The van der Waals surface area contributed by atoms with Crippen LogP contribution in [0, 0.1) is 5.92 Å². The molecule has 2 aromatic heterocycles. The lowest BCUT2D eigenvalue weighted by Crippen LogP contribution is -2.62. The second kappa shape index (κ2) is 32.3. The van der Waals surface area contributed by atoms with E-state index in [1.807, 2.05) is 0 Å². The van der Waals surface area contributed by atoms with Crippen LogP contribution in [0.3, 0.4) is 0 Å². The van der Waals surface area contributed by atoms with Gasteiger partial charge in [0.25, 0.3) is 0 Å². The number of amides is 14. The summed E-state index contributed by atoms with van der Waals surface area (Å²) in [7, 11) is 0. The van der Waals surface area contributed by atoms with Crippen molar-refractivity contribution in [3.63, 3.8) is 0 Å². The van der Waals surface area contributed by atoms with E-state index in [9.17, 15) is 87.2 Å². The molecule has 2 aliphatic rings. The molecule has 496 valence electrons. The van der Waals surface area contributed by atoms with Crippen LogP contribution in [0.5, 0.6) is 0 Å². The molecule has 34 heteroatoms. The molecule has 0 spiro atoms. The van der Waals surface area contributed by atoms with E-state index in [2.05, 4.69) is 63.1 Å². The van der Waals surface area contributed by atoms with Crippen molar-refractivity contribution in [3.05, 3.63) is 72.1 Å². The Bertz CT molecular complexity index is 3480. The Morgan fingerprint density at radius 3 is 1.38 bits per heavy atom. The van der Waals surface area contributed by atoms with Gasteiger partial charge in [0.1, 0.15) is 60.4 Å². The minimum Gasteiger partial charge on any atom is -0.481 e. The first-order chi connectivity index (χ1) is 43.5. The van der Waals surface area contributed by atoms with Gasteiger partial charge in [-0.3, -0.25) is 71.9 Å². The number of aliphatic hydroxyl groups excluding tert-OH is 2. The normalized spacial score (nSPS) is 24.7. The van der Waals surface area contributed by atoms with Crippen LogP contribution in [-0.4, -0.2) is 205 Å². The van der Waals surface area contributed by atoms with Crippen molar-refractivity contribution in [1.29, 1.82) is 0 Å². The fourth-order valence-electron chi connectivity index (χ4n) is 10.5. The largest absolute Gasteiger partial charge is 0.481 e. The topological polar surface area (TPSA) is 550 Å². The van der Waals surface area contributed by atoms with Crippen LogP contribution in [-0.2, 0) is 84.8 Å². The number of fused-ring (bicyclic) bond motifs is 3. The third-order valence-corrected chi connectivity index (χ3v) is 15.1. The highest BCUT2D eigenvalue weighted by molar-refractivity contribution is 6.02. The number of carboxylic acid groups (broad SMARTS) is 1. The zero-order chi connectivity index (χ0) is 67.7. The summed E-state index contributed by atoms with van der Waals surface area (Å²) in [6.07, 6.45) is -3.43. The first kappa shape index (κ1) is 70.6. The van der Waals surface area contributed by atoms with Gasteiger partial charge < -0.3 is 101 Å². The molecule has 6 rings (SSSR count). The lowest BCUT2D eigenvalue weighted by Gasteiger charge is -2.32. The number of para-hydroxylation sites is 2. The number of aromatic amines is 2. The number of primary amides is 3. The van der Waals surface area contributed by atoms with E-state index in [0.717, 1.165) is 11.8 Å². The minimum atomic E-state index is -2.11. The van der Waals surface area contributed by atoms with Gasteiger partial charge in [0.15, 0.2) is 0 Å². The lowest BCUT2D eigenvalue weighted by molar-refractivity contribution is -0.145. The van der Waals surface area contributed by atoms with Gasteiger partial charge >= 0.3 is 5.97 Å². The van der Waals surface area contributed by atoms with E-state index in [0.29, 0.717) is 32.9 Å². The summed E-state index contributed by atoms with van der Waals surface area (Å²) in [5.74, 6) is -18.8. The van der Waals surface area contributed by atoms with Gasteiger partial charge in [-0.05, 0) is 55.4 Å². The van der Waals surface area contributed by atoms with Crippen LogP contribution in [0.15, 0.2) is 60.9 Å². The van der Waals surface area contributed by atoms with Crippen LogP contribution in [0.25, 0.3) is 21.8 Å². The summed E-state index contributed by atoms with van der Waals surface area (Å²) in [6.45, 7) is 2.14. The van der Waals surface area contributed by atoms with Gasteiger partial charge in [-0.2, -0.15) is 0 Å². The second-order valence-electron chi connectivity index (χ2n) is 22.7. The number of carboxylic acids is 1. The molecule has 2 fully saturated rings. The molecule has 92 heavy (non-hydrogen) atoms. The van der Waals surface area contributed by atoms with E-state index < -0.39 is 200 Å². The van der Waals surface area contributed by atoms with E-state index in [1.165, 1.54) is 6.20 Å². The zero-order valence-electron chi connectivity index (χ0n) is 50.3. The quantitative estimate of drug-likeness (QED) is 0.0496. The Labute approximate surface area is 524 Å². The Morgan fingerprint density at radius 1 is 0.522 bits per heavy atom. The lowest BCUT2D eigenvalue weighted by atomic mass is 10.00. The second-order valence-corrected chi connectivity index (χ2v) is 22.7. The van der Waals surface area contributed by atoms with Crippen molar-refractivity contribution in [1.82, 2.24) is 68.0 Å². The number of aliphatic carboxylic acids is 1. The van der Waals surface area contributed by atoms with E-state index in [-0.39, 0.29) is 38.1 Å². The van der Waals surface area contributed by atoms with Crippen molar-refractivity contribution in [2.24, 2.45) is 23.1 Å². The van der Waals surface area contributed by atoms with Crippen molar-refractivity contribution < 1.29 is 87.2 Å². The first-order valence-electron chi connectivity index (χ1n) is 29.3. The molecule has 4 heterocycles. The molecule has 14 amide bonds. The number of nitrogens with one attached hydrogen (secondary N) is 12. The van der Waals surface area contributed by atoms with Gasteiger partial charge in [0.2, 0.25) is 82.7 Å². The molecule has 0 bridgehead atoms. The molecule has 0 saturated carbocycles. The number of nitrogens with zero attached hydrogens (tertiary/aromatic N) is 1. The van der Waals surface area contributed by atoms with Crippen LogP contribution < -0.4 is 70.4 Å². The number of benzene rings is 2. The van der Waals surface area contributed by atoms with Crippen molar-refractivity contribution >= 4 is 110 Å². The average molecular weight is 1290 g/mol. The molecular weight excluding hydrogens is 1210 g/mol. The molecular formula is C58H76N16O18. The molecule has 21 N–H and O–H groups in total. The molecule has 2 aromatic carbocycles. The van der Waals surface area contributed by atoms with E-state index in [4.69, 9.17) is 17.2 Å². The third kappa shape index (κ3) is 19.5. The SMILES string of the molecule is CC(C)C[C@@H]1NC(=O)[C@H](Cc2c[nH]c3ccccc23)NC(=O)[C@@H]2CCCN2C(=O)[C@H]([C@@H](C)O)NC(=O)[C@H](CO)NC(=O)[C@H](Cc2c[nH]c3ccccc23)NC(=O)[C@H](CC(N)=O)NC(=O)[C@H](CC(N)=O)NC(=O)[C@H](CC(=O)O)NC(=O)CNC(=O)[C@H](CC(N)=O)NC1=O. The maximum atomic E-state index is 14.7. The summed E-state index contributed by atoms with van der Waals surface area (Å²) < 4.78 is 0. The number of H-pyrrole nitrogens is 2. The Morgan fingerprint density at radius 2 is 0.924 bits per heavy atom. The molecule has 34 nitrogen and oxygen atoms in total. The Hall–Kier alpha value is -10.5. The molecule has 4 aromatic rings. The maximum absolute atomic E-state index is 14.7. The van der Waals surface area contributed by atoms with Gasteiger partial charge in [-0.25, -0.2) is 0 Å². The summed E-state index contributed by atoms with van der Waals surface area (Å²) in [4.78, 5) is 212. The summed E-state index contributed by atoms with van der Waals surface area (Å²) in [5, 5.41) is 55.7. The number of hydrogen-bond donors (Lipinski definition) is 18. The number of aliphatic hydroxyl groups is 2. The first-order valence-corrected chi connectivity index (χ1v) is 29.3. The van der Waals surface area contributed by atoms with Gasteiger partial charge in [-0.1, -0.05) is 50.2 Å². The monoisotopic (exact) mass is 1280 g/mol. The number of rotatable bonds is 16. The molecule has 11 atom stereocenters. The smallest absolute Gasteiger partial charge is 0.305 e. The third-order valence-electron chi connectivity index (χ3n) is 15.1. The Kier molecular flexibility index (Phi) is 24.8. The highest BCUT2D eigenvalue weighted by atomic mass is 16.4. The maximum Gasteiger partial charge on any atom is 0.305 e. The molecule has 2 aliphatic heterocycles. The van der Waals surface area contributed by atoms with Gasteiger partial charge in [0.05, 0.1) is 44.9 Å². The fourth-order valence-corrected chi connectivity index (χ4v) is 10.5. The summed E-state index contributed by atoms with van der Waals surface area (Å²) in [5.41, 5.74) is 18.5. The highest BCUT2D eigenvalue weighted by Gasteiger charge is 2.43. The molecule has 0 unspecified atom stereocenters. The van der Waals surface area contributed by atoms with E-state index >= 15 is 0 Å². The van der Waals surface area contributed by atoms with Crippen molar-refractivity contribution in [2.45, 2.75) is 145 Å². The molecule has 0 aliphatic carbocycles. The predicted molar refractivity (Wildman–Crippen MR) is 321 cm³/mol. The number of carbonyl (C=O) groups excluding carboxylic acids is 14. The van der Waals surface area contributed by atoms with Crippen LogP contribution in [0.1, 0.15) is 76.8 Å². The number of carbonyl (C=O) groups is 15. The van der Waals surface area contributed by atoms with Crippen LogP contribution >= 0.6 is 0 Å². The van der Waals surface area contributed by atoms with Crippen LogP contribution in [0.2, 0.25) is 0 Å². The summed E-state index contributed by atoms with van der Waals surface area (Å²) in [6, 6.07) is -4.47. The van der Waals surface area contributed by atoms with E-state index in [1.54, 1.807) is 68.6 Å². The minimum absolute atomic E-state index is 0.00243. The molecule has 0 radical (unpaired) electrons. The number of aromatic nitrogens is 2. The molecule has 2 saturated heterocycles. The van der Waals surface area contributed by atoms with Gasteiger partial charge in [-0.15, -0.1) is 0 Å². The average Bonchev–Trinajstić information content (AvgIpc) is 1.72. The Balaban J connectivity index is 1.40. The highest BCUT2D eigenvalue weighted by Crippen LogP contribution is 2.24. The predicted octanol–water partition coefficient (Wildman–Crippen LogP) is -6.56. The standard InChI is InChI=1S/C58H76N16O18/c1-26(2)15-34-50(84)68-37(18-43(59)77)49(83)64-24-46(80)65-40(21-47(81)82)55(89)70-39(20-45(61)79)54(88)69-38(19-44(60)78)53(87)67-35(16-28-22-62-32-11-6-4-9-30(28)32)52(86)72-41(25-75)56(90)73-48(27(3)76)58(92)74-14-8-13-42(74)57(91)71-36(51(85)66-34)17-29-23-63-33-12-7-5-10-31(29)33/h4-7,9-12,22-23,26-27,34-42,48,62-63,75-76H,8,13-21,24-25H2,1-3H3,(H2,59,77)(H2,60,78)(H2,61,79)(H,64,83)(H,65,80)(H,66,85)(H,67,87)(H,68,84)(H,69,88)(H,70,89)(H,71,91)(H,72,86)(H,73,90)(H,81,82)/t27-,34+,35+,36+,37+,38+,39+,40+,41+,42+,48+/m1/s1. The van der Waals surface area contributed by atoms with Crippen molar-refractivity contribution in [3.8, 4) is 0 Å². The zero-order valence-corrected chi connectivity index (χ0v) is 50.3.